The summed E-state index contributed by atoms with van der Waals surface area (Å²) in [6.07, 6.45) is 7.97. The Morgan fingerprint density at radius 3 is 1.53 bits per heavy atom. The first-order valence-electron chi connectivity index (χ1n) is 20.5. The molecule has 0 radical (unpaired) electrons. The Hall–Kier alpha value is -7.49. The molecule has 0 bridgehead atoms. The summed E-state index contributed by atoms with van der Waals surface area (Å²) < 4.78 is 4.88. The first kappa shape index (κ1) is 33.6. The summed E-state index contributed by atoms with van der Waals surface area (Å²) in [5, 5.41) is 8.69. The van der Waals surface area contributed by atoms with Crippen LogP contribution in [0.25, 0.3) is 93.4 Å². The lowest BCUT2D eigenvalue weighted by Gasteiger charge is -2.29. The molecule has 0 aliphatic heterocycles. The van der Waals surface area contributed by atoms with E-state index in [-0.39, 0.29) is 5.41 Å². The van der Waals surface area contributed by atoms with Crippen LogP contribution in [0, 0.1) is 0 Å². The molecule has 0 saturated carbocycles. The summed E-state index contributed by atoms with van der Waals surface area (Å²) in [5.41, 5.74) is 13.7. The minimum absolute atomic E-state index is 0.299. The number of aromatic nitrogens is 3. The van der Waals surface area contributed by atoms with Gasteiger partial charge < -0.3 is 9.13 Å². The Labute approximate surface area is 342 Å². The minimum Gasteiger partial charge on any atom is -0.309 e. The fourth-order valence-corrected chi connectivity index (χ4v) is 9.70. The number of fused-ring (bicyclic) bond motifs is 9. The quantitative estimate of drug-likeness (QED) is 0.161. The third-order valence-corrected chi connectivity index (χ3v) is 12.7. The van der Waals surface area contributed by atoms with E-state index in [9.17, 15) is 0 Å². The van der Waals surface area contributed by atoms with Gasteiger partial charge in [0.1, 0.15) is 0 Å². The normalized spacial score (nSPS) is 15.6. The van der Waals surface area contributed by atoms with Gasteiger partial charge in [0.15, 0.2) is 0 Å². The van der Waals surface area contributed by atoms with Crippen molar-refractivity contribution in [2.45, 2.75) is 18.8 Å². The molecule has 3 heterocycles. The molecule has 3 nitrogen and oxygen atoms in total. The van der Waals surface area contributed by atoms with Crippen molar-refractivity contribution in [1.82, 2.24) is 14.1 Å². The van der Waals surface area contributed by atoms with Gasteiger partial charge in [-0.25, -0.2) is 0 Å². The molecular weight excluding hydrogens is 715 g/mol. The highest BCUT2D eigenvalue weighted by atomic mass is 15.0. The molecule has 1 aliphatic rings. The molecule has 59 heavy (non-hydrogen) atoms. The summed E-state index contributed by atoms with van der Waals surface area (Å²) in [4.78, 5) is 5.43. The van der Waals surface area contributed by atoms with E-state index in [1.54, 1.807) is 0 Å². The van der Waals surface area contributed by atoms with Crippen LogP contribution in [0.1, 0.15) is 24.6 Å². The van der Waals surface area contributed by atoms with Crippen molar-refractivity contribution in [3.63, 3.8) is 0 Å². The average Bonchev–Trinajstić information content (AvgIpc) is 3.82. The van der Waals surface area contributed by atoms with Crippen molar-refractivity contribution in [2.24, 2.45) is 0 Å². The highest BCUT2D eigenvalue weighted by Crippen LogP contribution is 2.42. The van der Waals surface area contributed by atoms with Crippen LogP contribution in [0.2, 0.25) is 0 Å². The van der Waals surface area contributed by atoms with Gasteiger partial charge in [-0.1, -0.05) is 159 Å². The van der Waals surface area contributed by atoms with Crippen LogP contribution >= 0.6 is 0 Å². The third kappa shape index (κ3) is 5.25. The first-order chi connectivity index (χ1) is 29.1. The maximum absolute atomic E-state index is 5.43. The second kappa shape index (κ2) is 13.0. The molecule has 1 atom stereocenters. The Bertz CT molecular complexity index is 3310. The van der Waals surface area contributed by atoms with Gasteiger partial charge in [-0.2, -0.15) is 0 Å². The predicted octanol–water partition coefficient (Wildman–Crippen LogP) is 14.6. The lowest BCUT2D eigenvalue weighted by molar-refractivity contribution is 0.583. The molecule has 8 aromatic carbocycles. The summed E-state index contributed by atoms with van der Waals surface area (Å²) >= 11 is 0. The second-order valence-corrected chi connectivity index (χ2v) is 16.2. The van der Waals surface area contributed by atoms with Gasteiger partial charge in [0.05, 0.1) is 33.3 Å². The lowest BCUT2D eigenvalue weighted by atomic mass is 9.77. The molecular formula is C56H39N3. The Balaban J connectivity index is 1.04. The van der Waals surface area contributed by atoms with Crippen LogP contribution in [0.15, 0.2) is 206 Å². The zero-order chi connectivity index (χ0) is 39.1. The van der Waals surface area contributed by atoms with Gasteiger partial charge in [0.2, 0.25) is 0 Å². The van der Waals surface area contributed by atoms with E-state index in [1.807, 2.05) is 0 Å². The van der Waals surface area contributed by atoms with Crippen LogP contribution < -0.4 is 0 Å². The van der Waals surface area contributed by atoms with Crippen LogP contribution in [0.5, 0.6) is 0 Å². The molecule has 12 rings (SSSR count). The fourth-order valence-electron chi connectivity index (χ4n) is 9.70. The number of para-hydroxylation sites is 4. The molecule has 278 valence electrons. The molecule has 0 saturated heterocycles. The lowest BCUT2D eigenvalue weighted by Crippen LogP contribution is -2.22. The fraction of sp³-hybridized carbons (Fsp3) is 0.0536. The SMILES string of the molecule is CC1(c2cc(-c3ccccc3)c3c(ccc4ccccc43)n2)C=CC(c2cc(-n3c4ccccc4c4ccccc43)cc(-n3c4ccccc4c4ccccc43)c2)=CC1. The highest BCUT2D eigenvalue weighted by molar-refractivity contribution is 6.14. The van der Waals surface area contributed by atoms with Crippen LogP contribution in [-0.2, 0) is 5.41 Å². The first-order valence-corrected chi connectivity index (χ1v) is 20.5. The third-order valence-electron chi connectivity index (χ3n) is 12.7. The van der Waals surface area contributed by atoms with Gasteiger partial charge in [0, 0.05) is 43.7 Å². The number of hydrogen-bond donors (Lipinski definition) is 0. The molecule has 3 aromatic heterocycles. The van der Waals surface area contributed by atoms with Gasteiger partial charge in [0.25, 0.3) is 0 Å². The summed E-state index contributed by atoms with van der Waals surface area (Å²) in [6, 6.07) is 68.4. The van der Waals surface area contributed by atoms with E-state index in [0.717, 1.165) is 29.0 Å². The van der Waals surface area contributed by atoms with E-state index in [1.165, 1.54) is 82.0 Å². The maximum Gasteiger partial charge on any atom is 0.0718 e. The molecule has 0 spiro atoms. The van der Waals surface area contributed by atoms with Crippen LogP contribution in [0.3, 0.4) is 0 Å². The van der Waals surface area contributed by atoms with E-state index in [0.29, 0.717) is 0 Å². The smallest absolute Gasteiger partial charge is 0.0718 e. The Morgan fingerprint density at radius 2 is 0.983 bits per heavy atom. The van der Waals surface area contributed by atoms with Crippen molar-refractivity contribution in [3.8, 4) is 22.5 Å². The van der Waals surface area contributed by atoms with Crippen molar-refractivity contribution in [1.29, 1.82) is 0 Å². The standard InChI is InChI=1S/C56H39N3/c1-56(54-36-48(38-15-3-2-4-16-38)55-43-18-6-5-17-39(43)27-28-49(55)57-54)31-29-37(30-32-56)40-33-41(58-50-23-11-7-19-44(50)45-20-8-12-24-51(45)58)35-42(34-40)59-52-25-13-9-21-46(52)47-22-10-14-26-53(47)59/h2-31,33-36H,32H2,1H3. The summed E-state index contributed by atoms with van der Waals surface area (Å²) in [7, 11) is 0. The predicted molar refractivity (Wildman–Crippen MR) is 249 cm³/mol. The van der Waals surface area contributed by atoms with Gasteiger partial charge in [-0.3, -0.25) is 4.98 Å². The molecule has 0 N–H and O–H groups in total. The van der Waals surface area contributed by atoms with E-state index in [4.69, 9.17) is 4.98 Å². The van der Waals surface area contributed by atoms with Crippen LogP contribution in [-0.4, -0.2) is 14.1 Å². The zero-order valence-corrected chi connectivity index (χ0v) is 32.7. The number of pyridine rings is 1. The van der Waals surface area contributed by atoms with Gasteiger partial charge in [-0.05, 0) is 94.1 Å². The molecule has 0 fully saturated rings. The Kier molecular flexibility index (Phi) is 7.42. The molecule has 1 aliphatic carbocycles. The molecule has 11 aromatic rings. The zero-order valence-electron chi connectivity index (χ0n) is 32.7. The number of rotatable bonds is 5. The molecule has 3 heteroatoms. The highest BCUT2D eigenvalue weighted by Gasteiger charge is 2.29. The van der Waals surface area contributed by atoms with E-state index < -0.39 is 0 Å². The second-order valence-electron chi connectivity index (χ2n) is 16.2. The monoisotopic (exact) mass is 753 g/mol. The Morgan fingerprint density at radius 1 is 0.475 bits per heavy atom. The van der Waals surface area contributed by atoms with Gasteiger partial charge >= 0.3 is 0 Å². The van der Waals surface area contributed by atoms with Crippen molar-refractivity contribution < 1.29 is 0 Å². The summed E-state index contributed by atoms with van der Waals surface area (Å²) in [5.74, 6) is 0. The van der Waals surface area contributed by atoms with Gasteiger partial charge in [-0.15, -0.1) is 0 Å². The number of nitrogens with zero attached hydrogens (tertiary/aromatic N) is 3. The average molecular weight is 754 g/mol. The van der Waals surface area contributed by atoms with E-state index in [2.05, 4.69) is 222 Å². The number of hydrogen-bond acceptors (Lipinski definition) is 1. The summed E-state index contributed by atoms with van der Waals surface area (Å²) in [6.45, 7) is 2.33. The molecule has 0 amide bonds. The number of allylic oxidation sites excluding steroid dienone is 4. The van der Waals surface area contributed by atoms with E-state index >= 15 is 0 Å². The minimum atomic E-state index is -0.299. The number of benzene rings is 8. The topological polar surface area (TPSA) is 22.8 Å². The molecule has 1 unspecified atom stereocenters. The maximum atomic E-state index is 5.43. The largest absolute Gasteiger partial charge is 0.309 e. The van der Waals surface area contributed by atoms with Crippen molar-refractivity contribution >= 4 is 70.9 Å². The van der Waals surface area contributed by atoms with Crippen molar-refractivity contribution in [2.75, 3.05) is 0 Å². The van der Waals surface area contributed by atoms with Crippen molar-refractivity contribution in [3.05, 3.63) is 218 Å². The van der Waals surface area contributed by atoms with Crippen LogP contribution in [0.4, 0.5) is 0 Å².